The molecule has 0 saturated heterocycles. The molecule has 25 heavy (non-hydrogen) atoms. The number of ether oxygens (including phenoxy) is 1. The van der Waals surface area contributed by atoms with Crippen LogP contribution in [0.3, 0.4) is 0 Å². The molecule has 0 fully saturated rings. The topological polar surface area (TPSA) is 44.1 Å². The van der Waals surface area contributed by atoms with Crippen LogP contribution in [-0.4, -0.2) is 22.7 Å². The Hall–Kier alpha value is -2.95. The van der Waals surface area contributed by atoms with Gasteiger partial charge in [-0.25, -0.2) is 9.07 Å². The van der Waals surface area contributed by atoms with Crippen molar-refractivity contribution >= 4 is 5.78 Å². The van der Waals surface area contributed by atoms with Crippen molar-refractivity contribution < 1.29 is 13.9 Å². The number of rotatable bonds is 3. The maximum Gasteiger partial charge on any atom is 0.166 e. The van der Waals surface area contributed by atoms with Crippen molar-refractivity contribution in [2.24, 2.45) is 0 Å². The van der Waals surface area contributed by atoms with Crippen molar-refractivity contribution in [1.29, 1.82) is 0 Å². The van der Waals surface area contributed by atoms with Gasteiger partial charge in [-0.1, -0.05) is 18.2 Å². The number of carbonyl (C=O) groups excluding carboxylic acids is 1. The van der Waals surface area contributed by atoms with Gasteiger partial charge in [-0.05, 0) is 42.3 Å². The molecule has 0 aliphatic heterocycles. The van der Waals surface area contributed by atoms with Crippen LogP contribution in [0.4, 0.5) is 4.39 Å². The highest BCUT2D eigenvalue weighted by Crippen LogP contribution is 2.37. The van der Waals surface area contributed by atoms with E-state index in [1.54, 1.807) is 30.1 Å². The van der Waals surface area contributed by atoms with Crippen LogP contribution in [0, 0.1) is 5.82 Å². The van der Waals surface area contributed by atoms with E-state index in [0.717, 1.165) is 22.7 Å². The minimum absolute atomic E-state index is 0.0343. The van der Waals surface area contributed by atoms with Crippen molar-refractivity contribution in [2.75, 3.05) is 7.11 Å². The highest BCUT2D eigenvalue weighted by atomic mass is 19.1. The number of ketones is 1. The zero-order valence-electron chi connectivity index (χ0n) is 13.8. The number of benzene rings is 2. The maximum absolute atomic E-state index is 13.2. The Kier molecular flexibility index (Phi) is 3.84. The molecule has 0 radical (unpaired) electrons. The molecule has 3 aromatic rings. The van der Waals surface area contributed by atoms with Crippen LogP contribution in [0.1, 0.15) is 34.0 Å². The lowest BCUT2D eigenvalue weighted by molar-refractivity contribution is 0.0963. The zero-order valence-corrected chi connectivity index (χ0v) is 13.8. The molecular formula is C20H17FN2O2. The quantitative estimate of drug-likeness (QED) is 0.728. The van der Waals surface area contributed by atoms with Gasteiger partial charge < -0.3 is 4.74 Å². The molecule has 1 aliphatic carbocycles. The molecule has 1 aliphatic rings. The van der Waals surface area contributed by atoms with Gasteiger partial charge in [0.15, 0.2) is 5.78 Å². The van der Waals surface area contributed by atoms with Crippen LogP contribution in [0.15, 0.2) is 54.7 Å². The number of hydrogen-bond donors (Lipinski definition) is 0. The van der Waals surface area contributed by atoms with Gasteiger partial charge in [0.2, 0.25) is 0 Å². The predicted octanol–water partition coefficient (Wildman–Crippen LogP) is 3.93. The summed E-state index contributed by atoms with van der Waals surface area (Å²) in [6.45, 7) is 0. The molecule has 0 N–H and O–H groups in total. The minimum atomic E-state index is -0.298. The predicted molar refractivity (Wildman–Crippen MR) is 91.9 cm³/mol. The van der Waals surface area contributed by atoms with Crippen molar-refractivity contribution in [3.05, 3.63) is 77.4 Å². The van der Waals surface area contributed by atoms with Crippen molar-refractivity contribution in [3.63, 3.8) is 0 Å². The van der Waals surface area contributed by atoms with E-state index in [0.29, 0.717) is 18.4 Å². The smallest absolute Gasteiger partial charge is 0.166 e. The van der Waals surface area contributed by atoms with Crippen molar-refractivity contribution in [3.8, 4) is 11.4 Å². The number of methoxy groups -OCH3 is 1. The van der Waals surface area contributed by atoms with E-state index in [9.17, 15) is 9.18 Å². The van der Waals surface area contributed by atoms with Gasteiger partial charge in [-0.2, -0.15) is 5.10 Å². The van der Waals surface area contributed by atoms with Gasteiger partial charge in [-0.3, -0.25) is 4.79 Å². The Morgan fingerprint density at radius 1 is 1.12 bits per heavy atom. The van der Waals surface area contributed by atoms with Crippen LogP contribution in [0.5, 0.6) is 5.75 Å². The van der Waals surface area contributed by atoms with Crippen LogP contribution < -0.4 is 4.74 Å². The SMILES string of the molecule is COc1ccccc1[C@@H]1CC(=O)c2cnn(-c3ccc(F)cc3)c2C1. The summed E-state index contributed by atoms with van der Waals surface area (Å²) in [5, 5.41) is 4.36. The van der Waals surface area contributed by atoms with E-state index < -0.39 is 0 Å². The van der Waals surface area contributed by atoms with Gasteiger partial charge in [-0.15, -0.1) is 0 Å². The number of aromatic nitrogens is 2. The van der Waals surface area contributed by atoms with Gasteiger partial charge in [0.05, 0.1) is 30.3 Å². The van der Waals surface area contributed by atoms with Crippen LogP contribution in [0.25, 0.3) is 5.69 Å². The summed E-state index contributed by atoms with van der Waals surface area (Å²) in [5.41, 5.74) is 3.28. The summed E-state index contributed by atoms with van der Waals surface area (Å²) in [5.74, 6) is 0.599. The third kappa shape index (κ3) is 2.71. The fraction of sp³-hybridized carbons (Fsp3) is 0.200. The third-order valence-electron chi connectivity index (χ3n) is 4.69. The Balaban J connectivity index is 1.76. The van der Waals surface area contributed by atoms with Crippen LogP contribution in [-0.2, 0) is 6.42 Å². The van der Waals surface area contributed by atoms with Crippen LogP contribution >= 0.6 is 0 Å². The lowest BCUT2D eigenvalue weighted by atomic mass is 9.82. The van der Waals surface area contributed by atoms with E-state index in [-0.39, 0.29) is 17.5 Å². The first-order chi connectivity index (χ1) is 12.2. The van der Waals surface area contributed by atoms with E-state index in [1.165, 1.54) is 12.1 Å². The first kappa shape index (κ1) is 15.6. The fourth-order valence-corrected chi connectivity index (χ4v) is 3.47. The second-order valence-corrected chi connectivity index (χ2v) is 6.16. The highest BCUT2D eigenvalue weighted by molar-refractivity contribution is 5.98. The third-order valence-corrected chi connectivity index (χ3v) is 4.69. The first-order valence-corrected chi connectivity index (χ1v) is 8.16. The molecule has 4 nitrogen and oxygen atoms in total. The molecule has 126 valence electrons. The monoisotopic (exact) mass is 336 g/mol. The number of halogens is 1. The number of fused-ring (bicyclic) bond motifs is 1. The summed E-state index contributed by atoms with van der Waals surface area (Å²) < 4.78 is 20.4. The summed E-state index contributed by atoms with van der Waals surface area (Å²) in [4.78, 5) is 12.6. The molecule has 0 bridgehead atoms. The van der Waals surface area contributed by atoms with Gasteiger partial charge in [0.1, 0.15) is 11.6 Å². The summed E-state index contributed by atoms with van der Waals surface area (Å²) in [6, 6.07) is 13.9. The molecule has 0 saturated carbocycles. The Morgan fingerprint density at radius 2 is 1.88 bits per heavy atom. The second kappa shape index (κ2) is 6.16. The molecule has 1 heterocycles. The molecule has 5 heteroatoms. The highest BCUT2D eigenvalue weighted by Gasteiger charge is 2.31. The molecule has 1 aromatic heterocycles. The van der Waals surface area contributed by atoms with Crippen molar-refractivity contribution in [2.45, 2.75) is 18.8 Å². The zero-order chi connectivity index (χ0) is 17.4. The first-order valence-electron chi connectivity index (χ1n) is 8.16. The largest absolute Gasteiger partial charge is 0.496 e. The fourth-order valence-electron chi connectivity index (χ4n) is 3.47. The maximum atomic E-state index is 13.2. The number of nitrogens with zero attached hydrogens (tertiary/aromatic N) is 2. The van der Waals surface area contributed by atoms with Crippen molar-refractivity contribution in [1.82, 2.24) is 9.78 Å². The normalized spacial score (nSPS) is 16.6. The average molecular weight is 336 g/mol. The number of hydrogen-bond acceptors (Lipinski definition) is 3. The van der Waals surface area contributed by atoms with Gasteiger partial charge in [0, 0.05) is 12.3 Å². The van der Waals surface area contributed by atoms with Crippen LogP contribution in [0.2, 0.25) is 0 Å². The molecule has 1 atom stereocenters. The molecule has 0 unspecified atom stereocenters. The number of Topliss-reactive ketones (excluding diaryl/α,β-unsaturated/α-hetero) is 1. The molecular weight excluding hydrogens is 319 g/mol. The number of para-hydroxylation sites is 1. The van der Waals surface area contributed by atoms with Gasteiger partial charge in [0.25, 0.3) is 0 Å². The lowest BCUT2D eigenvalue weighted by Gasteiger charge is -2.24. The second-order valence-electron chi connectivity index (χ2n) is 6.16. The van der Waals surface area contributed by atoms with E-state index >= 15 is 0 Å². The summed E-state index contributed by atoms with van der Waals surface area (Å²) in [7, 11) is 1.64. The van der Waals surface area contributed by atoms with E-state index in [2.05, 4.69) is 5.10 Å². The molecule has 2 aromatic carbocycles. The lowest BCUT2D eigenvalue weighted by Crippen LogP contribution is -2.20. The summed E-state index contributed by atoms with van der Waals surface area (Å²) >= 11 is 0. The standard InChI is InChI=1S/C20H17FN2O2/c1-25-20-5-3-2-4-16(20)13-10-18-17(19(24)11-13)12-22-23(18)15-8-6-14(21)7-9-15/h2-9,12-13H,10-11H2,1H3/t13-/m0/s1. The number of carbonyl (C=O) groups is 1. The van der Waals surface area contributed by atoms with Gasteiger partial charge >= 0.3 is 0 Å². The minimum Gasteiger partial charge on any atom is -0.496 e. The Morgan fingerprint density at radius 3 is 2.64 bits per heavy atom. The van der Waals surface area contributed by atoms with E-state index in [4.69, 9.17) is 4.74 Å². The molecule has 0 spiro atoms. The average Bonchev–Trinajstić information content (AvgIpc) is 3.07. The summed E-state index contributed by atoms with van der Waals surface area (Å²) in [6.07, 6.45) is 2.72. The van der Waals surface area contributed by atoms with E-state index in [1.807, 2.05) is 24.3 Å². The Bertz CT molecular complexity index is 931. The molecule has 4 rings (SSSR count). The Labute approximate surface area is 144 Å². The molecule has 0 amide bonds.